The van der Waals surface area contributed by atoms with Gasteiger partial charge in [0.15, 0.2) is 0 Å². The van der Waals surface area contributed by atoms with Crippen molar-refractivity contribution in [3.63, 3.8) is 0 Å². The highest BCUT2D eigenvalue weighted by Gasteiger charge is 2.20. The molecule has 84 valence electrons. The van der Waals surface area contributed by atoms with Crippen LogP contribution in [0.4, 0.5) is 4.39 Å². The lowest BCUT2D eigenvalue weighted by Gasteiger charge is -2.23. The molecular weight excluding hydrogens is 213 g/mol. The molecule has 0 amide bonds. The molecular formula is C12H17ClFN. The molecule has 0 heterocycles. The van der Waals surface area contributed by atoms with Gasteiger partial charge >= 0.3 is 0 Å². The Balaban J connectivity index is 3.07. The zero-order valence-corrected chi connectivity index (χ0v) is 10.1. The maximum absolute atomic E-state index is 13.8. The molecule has 1 rings (SSSR count). The third kappa shape index (κ3) is 2.70. The highest BCUT2D eigenvalue weighted by molar-refractivity contribution is 6.30. The van der Waals surface area contributed by atoms with Gasteiger partial charge < -0.3 is 5.32 Å². The van der Waals surface area contributed by atoms with Gasteiger partial charge in [-0.2, -0.15) is 0 Å². The van der Waals surface area contributed by atoms with E-state index < -0.39 is 0 Å². The van der Waals surface area contributed by atoms with Gasteiger partial charge in [-0.15, -0.1) is 0 Å². The van der Waals surface area contributed by atoms with Gasteiger partial charge in [-0.25, -0.2) is 4.39 Å². The maximum atomic E-state index is 13.8. The number of hydrogen-bond acceptors (Lipinski definition) is 1. The highest BCUT2D eigenvalue weighted by atomic mass is 35.5. The van der Waals surface area contributed by atoms with Gasteiger partial charge in [-0.1, -0.05) is 44.0 Å². The first-order chi connectivity index (χ1) is 7.11. The minimum Gasteiger partial charge on any atom is -0.313 e. The van der Waals surface area contributed by atoms with Crippen molar-refractivity contribution in [2.45, 2.75) is 26.3 Å². The lowest BCUT2D eigenvalue weighted by molar-refractivity contribution is 0.387. The summed E-state index contributed by atoms with van der Waals surface area (Å²) in [6.07, 6.45) is 0.997. The number of nitrogens with one attached hydrogen (secondary N) is 1. The first-order valence-corrected chi connectivity index (χ1v) is 5.60. The monoisotopic (exact) mass is 229 g/mol. The van der Waals surface area contributed by atoms with E-state index in [2.05, 4.69) is 19.2 Å². The second-order valence-electron chi connectivity index (χ2n) is 3.79. The summed E-state index contributed by atoms with van der Waals surface area (Å²) < 4.78 is 13.8. The number of benzene rings is 1. The molecule has 0 fully saturated rings. The fourth-order valence-corrected chi connectivity index (χ4v) is 1.92. The Morgan fingerprint density at radius 3 is 2.67 bits per heavy atom. The van der Waals surface area contributed by atoms with Crippen LogP contribution in [0.15, 0.2) is 18.2 Å². The molecule has 0 aliphatic rings. The van der Waals surface area contributed by atoms with Gasteiger partial charge in [0.25, 0.3) is 0 Å². The minimum atomic E-state index is -0.307. The SMILES string of the molecule is CCC(C)C(NC)c1cccc(Cl)c1F. The van der Waals surface area contributed by atoms with Crippen LogP contribution in [-0.4, -0.2) is 7.05 Å². The molecule has 0 bridgehead atoms. The standard InChI is InChI=1S/C12H17ClFN/c1-4-8(2)12(15-3)9-6-5-7-10(13)11(9)14/h5-8,12,15H,4H2,1-3H3. The molecule has 2 unspecified atom stereocenters. The van der Waals surface area contributed by atoms with Crippen molar-refractivity contribution in [3.8, 4) is 0 Å². The Labute approximate surface area is 95.6 Å². The van der Waals surface area contributed by atoms with Crippen LogP contribution in [0, 0.1) is 11.7 Å². The summed E-state index contributed by atoms with van der Waals surface area (Å²) in [7, 11) is 1.84. The van der Waals surface area contributed by atoms with E-state index in [1.54, 1.807) is 18.2 Å². The first kappa shape index (κ1) is 12.5. The van der Waals surface area contributed by atoms with E-state index in [0.29, 0.717) is 11.5 Å². The average Bonchev–Trinajstić information content (AvgIpc) is 2.24. The number of rotatable bonds is 4. The molecule has 0 radical (unpaired) electrons. The largest absolute Gasteiger partial charge is 0.313 e. The van der Waals surface area contributed by atoms with Crippen LogP contribution in [0.5, 0.6) is 0 Å². The van der Waals surface area contributed by atoms with Crippen molar-refractivity contribution in [3.05, 3.63) is 34.6 Å². The lowest BCUT2D eigenvalue weighted by Crippen LogP contribution is -2.24. The minimum absolute atomic E-state index is 0.0219. The van der Waals surface area contributed by atoms with E-state index in [4.69, 9.17) is 11.6 Å². The Hall–Kier alpha value is -0.600. The van der Waals surface area contributed by atoms with Crippen molar-refractivity contribution in [1.82, 2.24) is 5.32 Å². The highest BCUT2D eigenvalue weighted by Crippen LogP contribution is 2.29. The van der Waals surface area contributed by atoms with E-state index in [0.717, 1.165) is 6.42 Å². The summed E-state index contributed by atoms with van der Waals surface area (Å²) >= 11 is 5.76. The van der Waals surface area contributed by atoms with Crippen LogP contribution in [0.3, 0.4) is 0 Å². The quantitative estimate of drug-likeness (QED) is 0.829. The van der Waals surface area contributed by atoms with Crippen LogP contribution < -0.4 is 5.32 Å². The summed E-state index contributed by atoms with van der Waals surface area (Å²) in [6, 6.07) is 5.17. The maximum Gasteiger partial charge on any atom is 0.146 e. The molecule has 1 nitrogen and oxygen atoms in total. The molecule has 0 aliphatic heterocycles. The third-order valence-electron chi connectivity index (χ3n) is 2.84. The van der Waals surface area contributed by atoms with Gasteiger partial charge in [0.1, 0.15) is 5.82 Å². The fourth-order valence-electron chi connectivity index (χ4n) is 1.74. The van der Waals surface area contributed by atoms with E-state index >= 15 is 0 Å². The second kappa shape index (κ2) is 5.47. The van der Waals surface area contributed by atoms with Crippen LogP contribution in [0.1, 0.15) is 31.9 Å². The van der Waals surface area contributed by atoms with Crippen molar-refractivity contribution < 1.29 is 4.39 Å². The van der Waals surface area contributed by atoms with Gasteiger partial charge in [-0.3, -0.25) is 0 Å². The summed E-state index contributed by atoms with van der Waals surface area (Å²) in [5, 5.41) is 3.33. The van der Waals surface area contributed by atoms with Crippen molar-refractivity contribution >= 4 is 11.6 Å². The first-order valence-electron chi connectivity index (χ1n) is 5.23. The molecule has 1 aromatic carbocycles. The molecule has 0 saturated carbocycles. The molecule has 0 spiro atoms. The van der Waals surface area contributed by atoms with Crippen LogP contribution in [0.25, 0.3) is 0 Å². The Kier molecular flexibility index (Phi) is 4.55. The molecule has 0 saturated heterocycles. The smallest absolute Gasteiger partial charge is 0.146 e. The zero-order valence-electron chi connectivity index (χ0n) is 9.35. The zero-order chi connectivity index (χ0) is 11.4. The molecule has 3 heteroatoms. The van der Waals surface area contributed by atoms with E-state index in [1.165, 1.54) is 0 Å². The predicted octanol–water partition coefficient (Wildman–Crippen LogP) is 3.79. The normalized spacial score (nSPS) is 15.0. The van der Waals surface area contributed by atoms with E-state index in [9.17, 15) is 4.39 Å². The molecule has 15 heavy (non-hydrogen) atoms. The van der Waals surface area contributed by atoms with E-state index in [1.807, 2.05) is 7.05 Å². The van der Waals surface area contributed by atoms with Crippen molar-refractivity contribution in [2.75, 3.05) is 7.05 Å². The second-order valence-corrected chi connectivity index (χ2v) is 4.20. The summed E-state index contributed by atoms with van der Waals surface area (Å²) in [4.78, 5) is 0. The summed E-state index contributed by atoms with van der Waals surface area (Å²) in [5.74, 6) is 0.0711. The van der Waals surface area contributed by atoms with Crippen molar-refractivity contribution in [2.24, 2.45) is 5.92 Å². The van der Waals surface area contributed by atoms with Crippen LogP contribution in [-0.2, 0) is 0 Å². The molecule has 1 aromatic rings. The lowest BCUT2D eigenvalue weighted by atomic mass is 9.92. The van der Waals surface area contributed by atoms with E-state index in [-0.39, 0.29) is 16.9 Å². The molecule has 2 atom stereocenters. The average molecular weight is 230 g/mol. The molecule has 0 aliphatic carbocycles. The van der Waals surface area contributed by atoms with Crippen LogP contribution in [0.2, 0.25) is 5.02 Å². The van der Waals surface area contributed by atoms with Gasteiger partial charge in [-0.05, 0) is 19.0 Å². The molecule has 0 aromatic heterocycles. The molecule has 1 N–H and O–H groups in total. The Bertz CT molecular complexity index is 327. The third-order valence-corrected chi connectivity index (χ3v) is 3.13. The topological polar surface area (TPSA) is 12.0 Å². The summed E-state index contributed by atoms with van der Waals surface area (Å²) in [6.45, 7) is 4.19. The van der Waals surface area contributed by atoms with Crippen LogP contribution >= 0.6 is 11.6 Å². The fraction of sp³-hybridized carbons (Fsp3) is 0.500. The van der Waals surface area contributed by atoms with Crippen molar-refractivity contribution in [1.29, 1.82) is 0 Å². The number of halogens is 2. The van der Waals surface area contributed by atoms with Gasteiger partial charge in [0.2, 0.25) is 0 Å². The van der Waals surface area contributed by atoms with Gasteiger partial charge in [0.05, 0.1) is 5.02 Å². The predicted molar refractivity (Wildman–Crippen MR) is 62.7 cm³/mol. The Morgan fingerprint density at radius 2 is 2.13 bits per heavy atom. The van der Waals surface area contributed by atoms with Gasteiger partial charge in [0, 0.05) is 11.6 Å². The number of hydrogen-bond donors (Lipinski definition) is 1. The Morgan fingerprint density at radius 1 is 1.47 bits per heavy atom. The summed E-state index contributed by atoms with van der Waals surface area (Å²) in [5.41, 5.74) is 0.652.